The molecule has 2 aromatic rings. The van der Waals surface area contributed by atoms with E-state index in [2.05, 4.69) is 17.9 Å². The fourth-order valence-corrected chi connectivity index (χ4v) is 4.21. The molecule has 130 valence electrons. The monoisotopic (exact) mass is 339 g/mol. The number of fused-ring (bicyclic) bond motifs is 1. The van der Waals surface area contributed by atoms with Crippen LogP contribution in [0.15, 0.2) is 48.0 Å². The minimum absolute atomic E-state index is 0.170. The van der Waals surface area contributed by atoms with Crippen molar-refractivity contribution in [1.29, 1.82) is 0 Å². The van der Waals surface area contributed by atoms with Crippen LogP contribution < -0.4 is 0 Å². The molecular weight excluding hydrogens is 316 g/mol. The van der Waals surface area contributed by atoms with Gasteiger partial charge >= 0.3 is 0 Å². The van der Waals surface area contributed by atoms with Gasteiger partial charge in [0, 0.05) is 19.1 Å². The first kappa shape index (κ1) is 16.5. The predicted octanol–water partition coefficient (Wildman–Crippen LogP) is 5.21. The maximum atomic E-state index is 13.5. The van der Waals surface area contributed by atoms with Gasteiger partial charge in [-0.3, -0.25) is 4.90 Å². The molecule has 0 spiro atoms. The Morgan fingerprint density at radius 3 is 2.56 bits per heavy atom. The maximum Gasteiger partial charge on any atom is 0.123 e. The third-order valence-electron chi connectivity index (χ3n) is 5.49. The second-order valence-electron chi connectivity index (χ2n) is 7.49. The van der Waals surface area contributed by atoms with Crippen molar-refractivity contribution >= 4 is 6.08 Å². The Labute approximate surface area is 148 Å². The summed E-state index contributed by atoms with van der Waals surface area (Å²) in [6, 6.07) is 12.3. The second-order valence-corrected chi connectivity index (χ2v) is 7.49. The predicted molar refractivity (Wildman–Crippen MR) is 97.1 cm³/mol. The van der Waals surface area contributed by atoms with Crippen LogP contribution in [-0.4, -0.2) is 17.5 Å². The van der Waals surface area contributed by atoms with E-state index in [1.54, 1.807) is 12.1 Å². The maximum absolute atomic E-state index is 13.5. The minimum Gasteiger partial charge on any atom is -0.292 e. The molecule has 1 heterocycles. The van der Waals surface area contributed by atoms with Gasteiger partial charge in [0.05, 0.1) is 0 Å². The van der Waals surface area contributed by atoms with Crippen molar-refractivity contribution < 1.29 is 8.78 Å². The third-order valence-corrected chi connectivity index (χ3v) is 5.49. The quantitative estimate of drug-likeness (QED) is 0.742. The highest BCUT2D eigenvalue weighted by atomic mass is 19.1. The molecule has 1 aliphatic heterocycles. The summed E-state index contributed by atoms with van der Waals surface area (Å²) in [5.74, 6) is 0.304. The van der Waals surface area contributed by atoms with Gasteiger partial charge in [-0.15, -0.1) is 0 Å². The number of likely N-dealkylation sites (tertiary alicyclic amines) is 1. The van der Waals surface area contributed by atoms with Crippen molar-refractivity contribution in [3.05, 3.63) is 76.4 Å². The van der Waals surface area contributed by atoms with Gasteiger partial charge < -0.3 is 0 Å². The highest BCUT2D eigenvalue weighted by molar-refractivity contribution is 5.65. The number of benzene rings is 2. The zero-order valence-electron chi connectivity index (χ0n) is 14.5. The molecule has 0 saturated carbocycles. The molecule has 2 atom stereocenters. The van der Waals surface area contributed by atoms with Crippen LogP contribution in [0, 0.1) is 17.6 Å². The molecule has 0 amide bonds. The molecule has 4 rings (SSSR count). The zero-order valence-corrected chi connectivity index (χ0v) is 14.5. The van der Waals surface area contributed by atoms with E-state index in [1.165, 1.54) is 29.7 Å². The Morgan fingerprint density at radius 2 is 1.76 bits per heavy atom. The first-order valence-corrected chi connectivity index (χ1v) is 9.06. The number of rotatable bonds is 3. The van der Waals surface area contributed by atoms with Crippen LogP contribution in [0.3, 0.4) is 0 Å². The number of piperidine rings is 1. The van der Waals surface area contributed by atoms with Gasteiger partial charge in [-0.2, -0.15) is 0 Å². The smallest absolute Gasteiger partial charge is 0.123 e. The van der Waals surface area contributed by atoms with Crippen LogP contribution in [-0.2, 0) is 13.0 Å². The summed E-state index contributed by atoms with van der Waals surface area (Å²) in [6.07, 6.45) is 5.43. The molecule has 2 aliphatic rings. The van der Waals surface area contributed by atoms with Crippen molar-refractivity contribution in [1.82, 2.24) is 4.90 Å². The summed E-state index contributed by atoms with van der Waals surface area (Å²) in [7, 11) is 0. The van der Waals surface area contributed by atoms with E-state index >= 15 is 0 Å². The fraction of sp³-hybridized carbons (Fsp3) is 0.364. The average molecular weight is 339 g/mol. The van der Waals surface area contributed by atoms with Gasteiger partial charge in [-0.25, -0.2) is 8.78 Å². The van der Waals surface area contributed by atoms with E-state index in [1.807, 2.05) is 18.2 Å². The SMILES string of the molecule is CC1CCC(C2=Cc3cc(F)ccc3C2)N(Cc2ccc(F)cc2)C1. The number of halogens is 2. The van der Waals surface area contributed by atoms with Gasteiger partial charge in [0.15, 0.2) is 0 Å². The van der Waals surface area contributed by atoms with E-state index in [9.17, 15) is 8.78 Å². The Kier molecular flexibility index (Phi) is 4.43. The lowest BCUT2D eigenvalue weighted by atomic mass is 9.88. The van der Waals surface area contributed by atoms with E-state index in [-0.39, 0.29) is 11.6 Å². The molecule has 2 aromatic carbocycles. The number of hydrogen-bond acceptors (Lipinski definition) is 1. The first-order chi connectivity index (χ1) is 12.1. The Morgan fingerprint density at radius 1 is 1.00 bits per heavy atom. The van der Waals surface area contributed by atoms with Crippen LogP contribution in [0.4, 0.5) is 8.78 Å². The standard InChI is InChI=1S/C22H23F2N/c1-15-2-9-22(19-10-17-5-8-21(24)12-18(17)11-19)25(13-15)14-16-3-6-20(23)7-4-16/h3-8,11-12,15,22H,2,9-10,13-14H2,1H3. The second kappa shape index (κ2) is 6.72. The summed E-state index contributed by atoms with van der Waals surface area (Å²) < 4.78 is 26.7. The zero-order chi connectivity index (χ0) is 17.4. The van der Waals surface area contributed by atoms with Crippen LogP contribution in [0.5, 0.6) is 0 Å². The highest BCUT2D eigenvalue weighted by Gasteiger charge is 2.31. The van der Waals surface area contributed by atoms with Gasteiger partial charge in [-0.05, 0) is 71.7 Å². The lowest BCUT2D eigenvalue weighted by Gasteiger charge is -2.39. The lowest BCUT2D eigenvalue weighted by Crippen LogP contribution is -2.43. The molecule has 25 heavy (non-hydrogen) atoms. The summed E-state index contributed by atoms with van der Waals surface area (Å²) in [5, 5.41) is 0. The van der Waals surface area contributed by atoms with Crippen LogP contribution in [0.2, 0.25) is 0 Å². The van der Waals surface area contributed by atoms with Crippen molar-refractivity contribution in [3.8, 4) is 0 Å². The highest BCUT2D eigenvalue weighted by Crippen LogP contribution is 2.35. The van der Waals surface area contributed by atoms with Crippen molar-refractivity contribution in [2.45, 2.75) is 38.8 Å². The van der Waals surface area contributed by atoms with E-state index in [0.29, 0.717) is 12.0 Å². The summed E-state index contributed by atoms with van der Waals surface area (Å²) in [4.78, 5) is 2.51. The molecule has 0 N–H and O–H groups in total. The molecule has 0 radical (unpaired) electrons. The Balaban J connectivity index is 1.56. The van der Waals surface area contributed by atoms with Crippen LogP contribution in [0.1, 0.15) is 36.5 Å². The Hall–Kier alpha value is -2.00. The van der Waals surface area contributed by atoms with Gasteiger partial charge in [0.25, 0.3) is 0 Å². The largest absolute Gasteiger partial charge is 0.292 e. The van der Waals surface area contributed by atoms with Gasteiger partial charge in [0.2, 0.25) is 0 Å². The van der Waals surface area contributed by atoms with Gasteiger partial charge in [-0.1, -0.05) is 31.2 Å². The van der Waals surface area contributed by atoms with Crippen molar-refractivity contribution in [3.63, 3.8) is 0 Å². The summed E-state index contributed by atoms with van der Waals surface area (Å²) >= 11 is 0. The van der Waals surface area contributed by atoms with Crippen LogP contribution >= 0.6 is 0 Å². The normalized spacial score (nSPS) is 23.4. The van der Waals surface area contributed by atoms with Crippen molar-refractivity contribution in [2.75, 3.05) is 6.54 Å². The summed E-state index contributed by atoms with van der Waals surface area (Å²) in [5.41, 5.74) is 4.77. The Bertz CT molecular complexity index is 794. The molecule has 1 fully saturated rings. The molecular formula is C22H23F2N. The molecule has 3 heteroatoms. The van der Waals surface area contributed by atoms with E-state index in [4.69, 9.17) is 0 Å². The van der Waals surface area contributed by atoms with E-state index in [0.717, 1.165) is 37.1 Å². The molecule has 1 aliphatic carbocycles. The molecule has 2 unspecified atom stereocenters. The molecule has 0 aromatic heterocycles. The average Bonchev–Trinajstić information content (AvgIpc) is 3.00. The van der Waals surface area contributed by atoms with Crippen molar-refractivity contribution in [2.24, 2.45) is 5.92 Å². The van der Waals surface area contributed by atoms with Crippen LogP contribution in [0.25, 0.3) is 6.08 Å². The first-order valence-electron chi connectivity index (χ1n) is 9.06. The lowest BCUT2D eigenvalue weighted by molar-refractivity contribution is 0.126. The number of nitrogens with zero attached hydrogens (tertiary/aromatic N) is 1. The molecule has 1 saturated heterocycles. The fourth-order valence-electron chi connectivity index (χ4n) is 4.21. The van der Waals surface area contributed by atoms with E-state index < -0.39 is 0 Å². The minimum atomic E-state index is -0.191. The topological polar surface area (TPSA) is 3.24 Å². The molecule has 1 nitrogen and oxygen atoms in total. The third kappa shape index (κ3) is 3.52. The number of hydrogen-bond donors (Lipinski definition) is 0. The van der Waals surface area contributed by atoms with Gasteiger partial charge in [0.1, 0.15) is 11.6 Å². The summed E-state index contributed by atoms with van der Waals surface area (Å²) in [6.45, 7) is 4.17. The molecule has 0 bridgehead atoms.